The quantitative estimate of drug-likeness (QED) is 0.568. The summed E-state index contributed by atoms with van der Waals surface area (Å²) in [5, 5.41) is 2.30. The van der Waals surface area contributed by atoms with E-state index in [1.807, 2.05) is 23.2 Å². The summed E-state index contributed by atoms with van der Waals surface area (Å²) in [7, 11) is 0. The summed E-state index contributed by atoms with van der Waals surface area (Å²) in [5.41, 5.74) is 3.00. The minimum absolute atomic E-state index is 0.0981. The van der Waals surface area contributed by atoms with E-state index in [4.69, 9.17) is 4.42 Å². The second-order valence-electron chi connectivity index (χ2n) is 7.54. The van der Waals surface area contributed by atoms with Crippen molar-refractivity contribution in [3.63, 3.8) is 0 Å². The molecule has 1 aliphatic rings. The number of aryl methyl sites for hydroxylation is 1. The highest BCUT2D eigenvalue weighted by molar-refractivity contribution is 6.06. The second kappa shape index (κ2) is 7.67. The van der Waals surface area contributed by atoms with Gasteiger partial charge < -0.3 is 19.2 Å². The first-order valence-electron chi connectivity index (χ1n) is 10.1. The molecular formula is C23H22N4O3. The predicted molar refractivity (Wildman–Crippen MR) is 113 cm³/mol. The maximum Gasteiger partial charge on any atom is 0.289 e. The number of pyridine rings is 1. The van der Waals surface area contributed by atoms with Crippen LogP contribution in [0.4, 0.5) is 0 Å². The highest BCUT2D eigenvalue weighted by Gasteiger charge is 2.25. The zero-order chi connectivity index (χ0) is 20.5. The van der Waals surface area contributed by atoms with Crippen LogP contribution in [-0.2, 0) is 11.2 Å². The molecule has 0 radical (unpaired) electrons. The lowest BCUT2D eigenvalue weighted by atomic mass is 10.1. The van der Waals surface area contributed by atoms with Crippen molar-refractivity contribution in [3.8, 4) is 0 Å². The number of furan rings is 1. The number of H-pyrrole nitrogens is 1. The van der Waals surface area contributed by atoms with Crippen molar-refractivity contribution in [1.82, 2.24) is 19.8 Å². The number of amides is 2. The number of fused-ring (bicyclic) bond motifs is 3. The van der Waals surface area contributed by atoms with Gasteiger partial charge in [0.2, 0.25) is 5.91 Å². The number of para-hydroxylation sites is 1. The van der Waals surface area contributed by atoms with Crippen LogP contribution in [0.25, 0.3) is 21.8 Å². The predicted octanol–water partition coefficient (Wildman–Crippen LogP) is 3.23. The van der Waals surface area contributed by atoms with Crippen LogP contribution < -0.4 is 0 Å². The monoisotopic (exact) mass is 402 g/mol. The average Bonchev–Trinajstić information content (AvgIpc) is 3.45. The number of piperazine rings is 1. The summed E-state index contributed by atoms with van der Waals surface area (Å²) in [6.07, 6.45) is 4.34. The molecule has 0 aliphatic carbocycles. The molecule has 3 aromatic heterocycles. The molecule has 0 atom stereocenters. The molecule has 30 heavy (non-hydrogen) atoms. The average molecular weight is 402 g/mol. The summed E-state index contributed by atoms with van der Waals surface area (Å²) >= 11 is 0. The number of nitrogens with zero attached hydrogens (tertiary/aromatic N) is 3. The van der Waals surface area contributed by atoms with E-state index in [2.05, 4.69) is 28.2 Å². The molecule has 0 spiro atoms. The fourth-order valence-electron chi connectivity index (χ4n) is 4.04. The van der Waals surface area contributed by atoms with Crippen molar-refractivity contribution < 1.29 is 14.0 Å². The van der Waals surface area contributed by atoms with Crippen LogP contribution >= 0.6 is 0 Å². The normalized spacial score (nSPS) is 14.5. The van der Waals surface area contributed by atoms with E-state index in [-0.39, 0.29) is 11.8 Å². The first-order chi connectivity index (χ1) is 14.7. The smallest absolute Gasteiger partial charge is 0.289 e. The Balaban J connectivity index is 1.19. The van der Waals surface area contributed by atoms with Crippen molar-refractivity contribution >= 4 is 33.6 Å². The van der Waals surface area contributed by atoms with E-state index in [0.29, 0.717) is 44.8 Å². The van der Waals surface area contributed by atoms with Gasteiger partial charge in [0.05, 0.1) is 18.0 Å². The maximum atomic E-state index is 12.7. The van der Waals surface area contributed by atoms with Gasteiger partial charge in [-0.25, -0.2) is 0 Å². The van der Waals surface area contributed by atoms with Crippen molar-refractivity contribution in [2.45, 2.75) is 12.8 Å². The van der Waals surface area contributed by atoms with E-state index in [9.17, 15) is 9.59 Å². The number of nitrogens with one attached hydrogen (secondary N) is 1. The van der Waals surface area contributed by atoms with Crippen LogP contribution in [0.1, 0.15) is 22.7 Å². The number of carbonyl (C=O) groups excluding carboxylic acids is 2. The summed E-state index contributed by atoms with van der Waals surface area (Å²) < 4.78 is 5.18. The lowest BCUT2D eigenvalue weighted by Crippen LogP contribution is -2.50. The van der Waals surface area contributed by atoms with Gasteiger partial charge in [0.1, 0.15) is 0 Å². The topological polar surface area (TPSA) is 82.4 Å². The molecule has 1 fully saturated rings. The van der Waals surface area contributed by atoms with E-state index >= 15 is 0 Å². The van der Waals surface area contributed by atoms with Gasteiger partial charge in [-0.3, -0.25) is 14.6 Å². The van der Waals surface area contributed by atoms with Crippen LogP contribution in [0.15, 0.2) is 59.3 Å². The maximum absolute atomic E-state index is 12.7. The molecule has 1 saturated heterocycles. The molecule has 1 N–H and O–H groups in total. The molecule has 2 amide bonds. The molecule has 0 saturated carbocycles. The first-order valence-corrected chi connectivity index (χ1v) is 10.1. The highest BCUT2D eigenvalue weighted by Crippen LogP contribution is 2.25. The third-order valence-corrected chi connectivity index (χ3v) is 5.69. The van der Waals surface area contributed by atoms with Gasteiger partial charge in [-0.15, -0.1) is 0 Å². The Kier molecular flexibility index (Phi) is 4.71. The molecule has 1 aliphatic heterocycles. The van der Waals surface area contributed by atoms with E-state index in [1.54, 1.807) is 17.0 Å². The lowest BCUT2D eigenvalue weighted by Gasteiger charge is -2.34. The Labute approximate surface area is 173 Å². The number of carbonyl (C=O) groups is 2. The molecule has 152 valence electrons. The summed E-state index contributed by atoms with van der Waals surface area (Å²) in [6, 6.07) is 13.6. The number of rotatable bonds is 4. The van der Waals surface area contributed by atoms with Crippen molar-refractivity contribution in [2.24, 2.45) is 0 Å². The first kappa shape index (κ1) is 18.4. The summed E-state index contributed by atoms with van der Waals surface area (Å²) in [6.45, 7) is 2.12. The number of aromatic amines is 1. The van der Waals surface area contributed by atoms with Crippen molar-refractivity contribution in [3.05, 3.63) is 66.4 Å². The van der Waals surface area contributed by atoms with Crippen LogP contribution in [0.2, 0.25) is 0 Å². The zero-order valence-electron chi connectivity index (χ0n) is 16.5. The second-order valence-corrected chi connectivity index (χ2v) is 7.54. The van der Waals surface area contributed by atoms with Gasteiger partial charge in [-0.2, -0.15) is 0 Å². The zero-order valence-corrected chi connectivity index (χ0v) is 16.5. The Bertz CT molecular complexity index is 1200. The minimum Gasteiger partial charge on any atom is -0.459 e. The summed E-state index contributed by atoms with van der Waals surface area (Å²) in [4.78, 5) is 36.5. The molecule has 4 aromatic rings. The van der Waals surface area contributed by atoms with Crippen LogP contribution in [-0.4, -0.2) is 57.8 Å². The van der Waals surface area contributed by atoms with Gasteiger partial charge in [-0.05, 0) is 30.7 Å². The minimum atomic E-state index is -0.122. The molecule has 1 aromatic carbocycles. The SMILES string of the molecule is O=C(CCc1cc2c(cn1)[nH]c1ccccc12)N1CCN(C(=O)c2ccco2)CC1. The Hall–Kier alpha value is -3.61. The number of hydrogen-bond donors (Lipinski definition) is 1. The number of benzene rings is 1. The summed E-state index contributed by atoms with van der Waals surface area (Å²) in [5.74, 6) is 0.317. The van der Waals surface area contributed by atoms with Crippen molar-refractivity contribution in [2.75, 3.05) is 26.2 Å². The Morgan fingerprint density at radius 3 is 2.57 bits per heavy atom. The highest BCUT2D eigenvalue weighted by atomic mass is 16.3. The third-order valence-electron chi connectivity index (χ3n) is 5.69. The van der Waals surface area contributed by atoms with Crippen LogP contribution in [0, 0.1) is 0 Å². The van der Waals surface area contributed by atoms with E-state index in [1.165, 1.54) is 11.6 Å². The third kappa shape index (κ3) is 3.43. The molecular weight excluding hydrogens is 380 g/mol. The standard InChI is InChI=1S/C23H22N4O3/c28-22(26-9-11-27(12-10-26)23(29)21-6-3-13-30-21)8-7-16-14-18-17-4-1-2-5-19(17)25-20(18)15-24-16/h1-6,13-15,25H,7-12H2. The van der Waals surface area contributed by atoms with Gasteiger partial charge >= 0.3 is 0 Å². The number of aromatic nitrogens is 2. The largest absolute Gasteiger partial charge is 0.459 e. The fraction of sp³-hybridized carbons (Fsp3) is 0.261. The molecule has 7 nitrogen and oxygen atoms in total. The Morgan fingerprint density at radius 2 is 1.77 bits per heavy atom. The van der Waals surface area contributed by atoms with Crippen molar-refractivity contribution in [1.29, 1.82) is 0 Å². The Morgan fingerprint density at radius 1 is 0.967 bits per heavy atom. The van der Waals surface area contributed by atoms with E-state index in [0.717, 1.165) is 22.1 Å². The molecule has 7 heteroatoms. The van der Waals surface area contributed by atoms with Crippen LogP contribution in [0.3, 0.4) is 0 Å². The molecule has 0 bridgehead atoms. The van der Waals surface area contributed by atoms with Gasteiger partial charge in [0.25, 0.3) is 5.91 Å². The molecule has 4 heterocycles. The van der Waals surface area contributed by atoms with Gasteiger partial charge in [-0.1, -0.05) is 18.2 Å². The number of hydrogen-bond acceptors (Lipinski definition) is 4. The molecule has 5 rings (SSSR count). The van der Waals surface area contributed by atoms with Gasteiger partial charge in [0, 0.05) is 54.6 Å². The fourth-order valence-corrected chi connectivity index (χ4v) is 4.04. The lowest BCUT2D eigenvalue weighted by molar-refractivity contribution is -0.132. The van der Waals surface area contributed by atoms with Crippen LogP contribution in [0.5, 0.6) is 0 Å². The molecule has 0 unspecified atom stereocenters. The van der Waals surface area contributed by atoms with E-state index < -0.39 is 0 Å². The van der Waals surface area contributed by atoms with Gasteiger partial charge in [0.15, 0.2) is 5.76 Å².